The van der Waals surface area contributed by atoms with Gasteiger partial charge in [-0.25, -0.2) is 19.2 Å². The third-order valence-corrected chi connectivity index (χ3v) is 21.1. The Bertz CT molecular complexity index is 5350. The van der Waals surface area contributed by atoms with Crippen LogP contribution in [0.15, 0.2) is 212 Å². The van der Waals surface area contributed by atoms with Crippen molar-refractivity contribution in [3.05, 3.63) is 335 Å². The molecule has 10 rings (SSSR count). The lowest BCUT2D eigenvalue weighted by atomic mass is 9.95. The first-order valence-corrected chi connectivity index (χ1v) is 45.9. The Morgan fingerprint density at radius 2 is 0.644 bits per heavy atom. The van der Waals surface area contributed by atoms with E-state index in [1.165, 1.54) is 27.8 Å². The van der Waals surface area contributed by atoms with Crippen molar-refractivity contribution < 1.29 is 92.8 Å². The molecule has 0 aliphatic carbocycles. The fourth-order valence-corrected chi connectivity index (χ4v) is 13.3. The zero-order valence-corrected chi connectivity index (χ0v) is 85.6. The molecule has 0 saturated heterocycles. The van der Waals surface area contributed by atoms with Crippen LogP contribution in [0.5, 0.6) is 11.5 Å². The van der Waals surface area contributed by atoms with Gasteiger partial charge in [-0.1, -0.05) is 296 Å². The number of ketones is 3. The van der Waals surface area contributed by atoms with Crippen molar-refractivity contribution in [2.75, 3.05) is 19.5 Å². The van der Waals surface area contributed by atoms with Gasteiger partial charge >= 0.3 is 41.9 Å². The monoisotopic (exact) mass is 1850 g/mol. The minimum Gasteiger partial charge on any atom is -0.496 e. The maximum atomic E-state index is 11.5. The molecule has 0 heterocycles. The molecule has 0 unspecified atom stereocenters. The average Bonchev–Trinajstić information content (AvgIpc) is 0.819. The quantitative estimate of drug-likeness (QED) is 0.0261. The first-order valence-electron chi connectivity index (χ1n) is 45.9. The summed E-state index contributed by atoms with van der Waals surface area (Å²) in [6.45, 7) is 58.0. The molecule has 0 aliphatic rings. The molecular weight excluding hydrogens is 1700 g/mol. The van der Waals surface area contributed by atoms with Crippen molar-refractivity contribution in [1.82, 2.24) is 0 Å². The number of rotatable bonds is 25. The van der Waals surface area contributed by atoms with Crippen LogP contribution in [-0.4, -0.2) is 110 Å². The molecule has 7 N–H and O–H groups in total. The first kappa shape index (κ1) is 120. The van der Waals surface area contributed by atoms with Crippen molar-refractivity contribution >= 4 is 64.9 Å². The van der Waals surface area contributed by atoms with Gasteiger partial charge in [-0.2, -0.15) is 0 Å². The van der Waals surface area contributed by atoms with E-state index in [1.54, 1.807) is 77.5 Å². The smallest absolute Gasteiger partial charge is 0.412 e. The fourth-order valence-electron chi connectivity index (χ4n) is 13.3. The summed E-state index contributed by atoms with van der Waals surface area (Å²) in [5, 5.41) is 54.6. The molecule has 0 bridgehead atoms. The summed E-state index contributed by atoms with van der Waals surface area (Å²) in [5.74, 6) is 1.27. The number of aryl methyl sites for hydroxylation is 3. The Labute approximate surface area is 803 Å². The number of nitrogens with one attached hydrogen (secondary N) is 1. The van der Waals surface area contributed by atoms with Gasteiger partial charge in [0.15, 0.2) is 17.3 Å². The van der Waals surface area contributed by atoms with Crippen LogP contribution in [0.1, 0.15) is 390 Å². The van der Waals surface area contributed by atoms with Gasteiger partial charge in [0.25, 0.3) is 0 Å². The van der Waals surface area contributed by atoms with E-state index < -0.39 is 47.5 Å². The number of ether oxygens (including phenoxy) is 3. The normalized spacial score (nSPS) is 10.5. The zero-order valence-electron chi connectivity index (χ0n) is 85.6. The second-order valence-corrected chi connectivity index (χ2v) is 37.0. The lowest BCUT2D eigenvalue weighted by Gasteiger charge is -2.19. The van der Waals surface area contributed by atoms with E-state index in [0.29, 0.717) is 70.0 Å². The van der Waals surface area contributed by atoms with Crippen molar-refractivity contribution in [3.63, 3.8) is 0 Å². The minimum absolute atomic E-state index is 0.0844. The standard InChI is InChI=1S/C14H21NO2.2C13H18O2.C12H16O.3C11H14O2.3C10H12O2/c1-10(2)11-6-8-12(9-7-11)15-13(16)17-14(3,4)5;2*1-8(2)11-6-9(3)12(10(4)14)7-13(11)15-5;1-8(2)11-5-6-12(10(4)13)9(3)7-11;1-8(2)10-5-3-9(4-6-10)7-11(12)13;1-8(2)10-5-3-4-9(6-10)7-11(12)13;1-8(2)10-6-4-3-5-9(10)7-11(12)13;1-7(2)8-3-5-9(6-4-8)10(11)12;1-7(2)8-4-3-5-9(6-8)10(11)12;1-7(2)8-5-3-4-6-9(8)10(11)12/h6-10H,1-5H3,(H,15,16);2*6-8H,1-5H3;5-8H,1-4H3;3*3-6,8H,7H2,1-2H3,(H,12,13);3*3-7H,1-2H3,(H,11,12). The summed E-state index contributed by atoms with van der Waals surface area (Å²) in [7, 11) is 3.28. The molecule has 0 radical (unpaired) electrons. The molecule has 0 aromatic heterocycles. The maximum absolute atomic E-state index is 11.5. The highest BCUT2D eigenvalue weighted by Gasteiger charge is 2.20. The number of carboxylic acid groups (broad SMARTS) is 6. The Morgan fingerprint density at radius 3 is 1.00 bits per heavy atom. The highest BCUT2D eigenvalue weighted by atomic mass is 16.6. The van der Waals surface area contributed by atoms with Gasteiger partial charge in [0, 0.05) is 22.4 Å². The van der Waals surface area contributed by atoms with Gasteiger partial charge in [-0.3, -0.25) is 34.1 Å². The van der Waals surface area contributed by atoms with Crippen molar-refractivity contribution in [1.29, 1.82) is 0 Å². The van der Waals surface area contributed by atoms with E-state index in [0.717, 1.165) is 95.1 Å². The molecule has 10 aromatic carbocycles. The van der Waals surface area contributed by atoms with E-state index in [1.807, 2.05) is 233 Å². The highest BCUT2D eigenvalue weighted by Crippen LogP contribution is 2.33. The lowest BCUT2D eigenvalue weighted by Crippen LogP contribution is -2.27. The van der Waals surface area contributed by atoms with Crippen LogP contribution in [0.3, 0.4) is 0 Å². The number of Topliss-reactive ketones (excluding diaryl/α,β-unsaturated/α-hetero) is 3. The number of methoxy groups -OCH3 is 2. The Morgan fingerprint density at radius 1 is 0.296 bits per heavy atom. The molecule has 20 heteroatoms. The van der Waals surface area contributed by atoms with Crippen LogP contribution in [0.25, 0.3) is 0 Å². The summed E-state index contributed by atoms with van der Waals surface area (Å²) in [6, 6.07) is 65.9. The number of anilines is 1. The molecule has 1 amide bonds. The number of carbonyl (C=O) groups is 10. The highest BCUT2D eigenvalue weighted by molar-refractivity contribution is 5.97. The van der Waals surface area contributed by atoms with Crippen LogP contribution in [0.2, 0.25) is 0 Å². The predicted octanol–water partition coefficient (Wildman–Crippen LogP) is 29.0. The summed E-state index contributed by atoms with van der Waals surface area (Å²) in [5.41, 5.74) is 21.0. The Kier molecular flexibility index (Phi) is 53.5. The molecule has 730 valence electrons. The van der Waals surface area contributed by atoms with E-state index in [-0.39, 0.29) is 42.5 Å². The largest absolute Gasteiger partial charge is 0.496 e. The summed E-state index contributed by atoms with van der Waals surface area (Å²) in [6.07, 6.45) is -0.0809. The number of amides is 1. The van der Waals surface area contributed by atoms with E-state index in [2.05, 4.69) is 122 Å². The van der Waals surface area contributed by atoms with E-state index in [9.17, 15) is 47.9 Å². The summed E-state index contributed by atoms with van der Waals surface area (Å²) < 4.78 is 15.8. The van der Waals surface area contributed by atoms with E-state index in [4.69, 9.17) is 44.8 Å². The number of hydrogen-bond donors (Lipinski definition) is 7. The Balaban J connectivity index is 0.000000751. The first-order chi connectivity index (χ1) is 62.9. The second kappa shape index (κ2) is 60.2. The van der Waals surface area contributed by atoms with E-state index >= 15 is 0 Å². The lowest BCUT2D eigenvalue weighted by molar-refractivity contribution is -0.137. The molecule has 20 nitrogen and oxygen atoms in total. The fraction of sp³-hybridized carbons (Fsp3) is 0.391. The van der Waals surface area contributed by atoms with Gasteiger partial charge in [0.2, 0.25) is 0 Å². The van der Waals surface area contributed by atoms with Crippen molar-refractivity contribution in [2.45, 2.75) is 285 Å². The molecule has 0 spiro atoms. The third-order valence-electron chi connectivity index (χ3n) is 21.1. The SMILES string of the molecule is CC(=O)c1ccc(C(C)C)cc1C.CC(C)c1ccc(C(=O)O)cc1.CC(C)c1ccc(CC(=O)O)cc1.CC(C)c1ccc(NC(=O)OC(C)(C)C)cc1.CC(C)c1cccc(C(=O)O)c1.CC(C)c1cccc(CC(=O)O)c1.CC(C)c1ccccc1C(=O)O.CC(C)c1ccccc1CC(=O)O.COc1cc(C(C)=O)c(C)cc1C(C)C.COc1cc(C(C)=O)c(C)cc1C(C)C. The number of hydrogen-bond acceptors (Lipinski definition) is 13. The van der Waals surface area contributed by atoms with Crippen molar-refractivity contribution in [3.8, 4) is 11.5 Å². The van der Waals surface area contributed by atoms with Gasteiger partial charge in [0.05, 0.1) is 50.2 Å². The topological polar surface area (TPSA) is 332 Å². The number of carboxylic acids is 6. The molecule has 0 atom stereocenters. The van der Waals surface area contributed by atoms with Crippen LogP contribution in [0, 0.1) is 20.8 Å². The van der Waals surface area contributed by atoms with Gasteiger partial charge in [-0.15, -0.1) is 0 Å². The van der Waals surface area contributed by atoms with Crippen LogP contribution < -0.4 is 14.8 Å². The maximum Gasteiger partial charge on any atom is 0.412 e. The molecule has 0 fully saturated rings. The number of aromatic carboxylic acids is 3. The predicted molar refractivity (Wildman–Crippen MR) is 547 cm³/mol. The van der Waals surface area contributed by atoms with Gasteiger partial charge < -0.3 is 44.8 Å². The summed E-state index contributed by atoms with van der Waals surface area (Å²) in [4.78, 5) is 109. The van der Waals surface area contributed by atoms with Gasteiger partial charge in [-0.05, 0) is 265 Å². The molecule has 10 aromatic rings. The zero-order chi connectivity index (χ0) is 103. The summed E-state index contributed by atoms with van der Waals surface area (Å²) >= 11 is 0. The Hall–Kier alpha value is -13.1. The average molecular weight is 1850 g/mol. The van der Waals surface area contributed by atoms with Gasteiger partial charge in [0.1, 0.15) is 17.1 Å². The number of aliphatic carboxylic acids is 3. The molecule has 0 aliphatic heterocycles. The van der Waals surface area contributed by atoms with Crippen LogP contribution in [-0.2, 0) is 38.4 Å². The number of carbonyl (C=O) groups excluding carboxylic acids is 4. The molecule has 135 heavy (non-hydrogen) atoms. The molecule has 0 saturated carbocycles. The number of benzene rings is 10. The minimum atomic E-state index is -0.870. The van der Waals surface area contributed by atoms with Crippen molar-refractivity contribution in [2.24, 2.45) is 0 Å². The van der Waals surface area contributed by atoms with Crippen LogP contribution in [0.4, 0.5) is 10.5 Å². The second-order valence-electron chi connectivity index (χ2n) is 37.0. The third kappa shape index (κ3) is 45.9. The van der Waals surface area contributed by atoms with Crippen LogP contribution >= 0.6 is 0 Å². The molecular formula is C115H151NO19.